The number of hydrogen-bond acceptors (Lipinski definition) is 0. The molecule has 0 aromatic heterocycles. The Balaban J connectivity index is 2.26. The highest BCUT2D eigenvalue weighted by Crippen LogP contribution is 2.29. The van der Waals surface area contributed by atoms with Gasteiger partial charge in [-0.3, -0.25) is 0 Å². The summed E-state index contributed by atoms with van der Waals surface area (Å²) < 4.78 is 26.8. The summed E-state index contributed by atoms with van der Waals surface area (Å²) in [4.78, 5) is 0. The molecule has 1 atom stereocenters. The summed E-state index contributed by atoms with van der Waals surface area (Å²) >= 11 is 6.36. The van der Waals surface area contributed by atoms with Gasteiger partial charge in [0.1, 0.15) is 0 Å². The maximum Gasteiger partial charge on any atom is 0.162 e. The van der Waals surface area contributed by atoms with Crippen molar-refractivity contribution in [1.29, 1.82) is 0 Å². The highest BCUT2D eigenvalue weighted by molar-refractivity contribution is 6.21. The summed E-state index contributed by atoms with van der Waals surface area (Å²) in [6.07, 6.45) is 1.15. The van der Waals surface area contributed by atoms with Crippen molar-refractivity contribution in [3.63, 3.8) is 0 Å². The van der Waals surface area contributed by atoms with Crippen LogP contribution < -0.4 is 0 Å². The average molecular weight is 281 g/mol. The van der Waals surface area contributed by atoms with Crippen LogP contribution in [0.1, 0.15) is 29.0 Å². The molecule has 0 radical (unpaired) electrons. The maximum atomic E-state index is 13.6. The van der Waals surface area contributed by atoms with Gasteiger partial charge in [-0.2, -0.15) is 0 Å². The molecule has 1 unspecified atom stereocenters. The lowest BCUT2D eigenvalue weighted by Crippen LogP contribution is -2.03. The fourth-order valence-electron chi connectivity index (χ4n) is 2.17. The van der Waals surface area contributed by atoms with Crippen molar-refractivity contribution in [2.45, 2.75) is 25.1 Å². The monoisotopic (exact) mass is 280 g/mol. The first kappa shape index (κ1) is 14.0. The van der Waals surface area contributed by atoms with Crippen LogP contribution in [0.3, 0.4) is 0 Å². The van der Waals surface area contributed by atoms with E-state index in [4.69, 9.17) is 11.6 Å². The lowest BCUT2D eigenvalue weighted by atomic mass is 9.98. The number of benzene rings is 2. The van der Waals surface area contributed by atoms with E-state index in [1.54, 1.807) is 6.07 Å². The third kappa shape index (κ3) is 3.13. The SMILES string of the molecule is CCc1ccccc1C(Cl)Cc1cccc(F)c1F. The molecule has 0 spiro atoms. The zero-order valence-electron chi connectivity index (χ0n) is 10.7. The predicted molar refractivity (Wildman–Crippen MR) is 74.5 cm³/mol. The van der Waals surface area contributed by atoms with Crippen molar-refractivity contribution in [1.82, 2.24) is 0 Å². The molecule has 0 fully saturated rings. The first-order valence-electron chi connectivity index (χ1n) is 6.28. The van der Waals surface area contributed by atoms with Crippen LogP contribution in [0.5, 0.6) is 0 Å². The average Bonchev–Trinajstić information content (AvgIpc) is 2.43. The lowest BCUT2D eigenvalue weighted by molar-refractivity contribution is 0.498. The van der Waals surface area contributed by atoms with E-state index in [0.29, 0.717) is 5.56 Å². The Morgan fingerprint density at radius 2 is 1.68 bits per heavy atom. The van der Waals surface area contributed by atoms with E-state index in [-0.39, 0.29) is 11.8 Å². The molecule has 0 aliphatic carbocycles. The van der Waals surface area contributed by atoms with Gasteiger partial charge in [-0.1, -0.05) is 43.3 Å². The van der Waals surface area contributed by atoms with E-state index in [0.717, 1.165) is 23.6 Å². The van der Waals surface area contributed by atoms with Gasteiger partial charge >= 0.3 is 0 Å². The predicted octanol–water partition coefficient (Wildman–Crippen LogP) is 5.05. The quantitative estimate of drug-likeness (QED) is 0.688. The second-order valence-electron chi connectivity index (χ2n) is 4.44. The number of aryl methyl sites for hydroxylation is 1. The molecule has 0 aliphatic rings. The molecule has 3 heteroatoms. The molecule has 0 bridgehead atoms. The largest absolute Gasteiger partial charge is 0.204 e. The van der Waals surface area contributed by atoms with Crippen LogP contribution in [0.25, 0.3) is 0 Å². The van der Waals surface area contributed by atoms with E-state index in [1.165, 1.54) is 6.07 Å². The maximum absolute atomic E-state index is 13.6. The highest BCUT2D eigenvalue weighted by atomic mass is 35.5. The van der Waals surface area contributed by atoms with Crippen molar-refractivity contribution < 1.29 is 8.78 Å². The van der Waals surface area contributed by atoms with Crippen LogP contribution in [0, 0.1) is 11.6 Å². The Kier molecular flexibility index (Phi) is 4.54. The van der Waals surface area contributed by atoms with Gasteiger partial charge in [0.05, 0.1) is 5.38 Å². The van der Waals surface area contributed by atoms with Gasteiger partial charge in [0.2, 0.25) is 0 Å². The molecule has 0 N–H and O–H groups in total. The molecular formula is C16H15ClF2. The molecule has 2 aromatic carbocycles. The molecule has 0 nitrogen and oxygen atoms in total. The molecule has 19 heavy (non-hydrogen) atoms. The Morgan fingerprint density at radius 3 is 2.42 bits per heavy atom. The first-order chi connectivity index (χ1) is 9.13. The smallest absolute Gasteiger partial charge is 0.162 e. The molecule has 100 valence electrons. The van der Waals surface area contributed by atoms with Crippen LogP contribution >= 0.6 is 11.6 Å². The van der Waals surface area contributed by atoms with Gasteiger partial charge < -0.3 is 0 Å². The van der Waals surface area contributed by atoms with E-state index in [2.05, 4.69) is 0 Å². The van der Waals surface area contributed by atoms with E-state index < -0.39 is 11.6 Å². The van der Waals surface area contributed by atoms with Crippen LogP contribution in [-0.4, -0.2) is 0 Å². The summed E-state index contributed by atoms with van der Waals surface area (Å²) in [5.74, 6) is -1.63. The molecule has 0 heterocycles. The normalized spacial score (nSPS) is 12.4. The molecule has 0 amide bonds. The Hall–Kier alpha value is -1.41. The fourth-order valence-corrected chi connectivity index (χ4v) is 2.55. The van der Waals surface area contributed by atoms with E-state index >= 15 is 0 Å². The minimum absolute atomic E-state index is 0.280. The van der Waals surface area contributed by atoms with Crippen LogP contribution in [0.4, 0.5) is 8.78 Å². The summed E-state index contributed by atoms with van der Waals surface area (Å²) in [6.45, 7) is 2.05. The molecule has 2 rings (SSSR count). The summed E-state index contributed by atoms with van der Waals surface area (Å²) in [5, 5.41) is -0.354. The van der Waals surface area contributed by atoms with Gasteiger partial charge in [-0.05, 0) is 35.6 Å². The number of hydrogen-bond donors (Lipinski definition) is 0. The zero-order valence-corrected chi connectivity index (χ0v) is 11.4. The third-order valence-corrected chi connectivity index (χ3v) is 3.59. The molecule has 2 aromatic rings. The fraction of sp³-hybridized carbons (Fsp3) is 0.250. The molecule has 0 saturated heterocycles. The van der Waals surface area contributed by atoms with Crippen molar-refractivity contribution in [3.05, 3.63) is 70.8 Å². The summed E-state index contributed by atoms with van der Waals surface area (Å²) in [7, 11) is 0. The number of halogens is 3. The van der Waals surface area contributed by atoms with Gasteiger partial charge in [0.25, 0.3) is 0 Å². The van der Waals surface area contributed by atoms with Gasteiger partial charge in [0, 0.05) is 0 Å². The second-order valence-corrected chi connectivity index (χ2v) is 4.96. The van der Waals surface area contributed by atoms with Crippen molar-refractivity contribution in [2.75, 3.05) is 0 Å². The number of alkyl halides is 1. The lowest BCUT2D eigenvalue weighted by Gasteiger charge is -2.14. The van der Waals surface area contributed by atoms with Crippen LogP contribution in [0.2, 0.25) is 0 Å². The van der Waals surface area contributed by atoms with Crippen molar-refractivity contribution >= 4 is 11.6 Å². The Labute approximate surface area is 117 Å². The minimum atomic E-state index is -0.829. The Morgan fingerprint density at radius 1 is 1.00 bits per heavy atom. The molecule has 0 aliphatic heterocycles. The van der Waals surface area contributed by atoms with Gasteiger partial charge in [0.15, 0.2) is 11.6 Å². The van der Waals surface area contributed by atoms with Gasteiger partial charge in [-0.15, -0.1) is 11.6 Å². The topological polar surface area (TPSA) is 0 Å². The second kappa shape index (κ2) is 6.16. The van der Waals surface area contributed by atoms with Crippen molar-refractivity contribution in [3.8, 4) is 0 Å². The van der Waals surface area contributed by atoms with E-state index in [9.17, 15) is 8.78 Å². The Bertz CT molecular complexity index is 566. The molecular weight excluding hydrogens is 266 g/mol. The minimum Gasteiger partial charge on any atom is -0.204 e. The summed E-state index contributed by atoms with van der Waals surface area (Å²) in [6, 6.07) is 12.0. The van der Waals surface area contributed by atoms with Crippen LogP contribution in [-0.2, 0) is 12.8 Å². The standard InChI is InChI=1S/C16H15ClF2/c1-2-11-6-3-4-8-13(11)14(17)10-12-7-5-9-15(18)16(12)19/h3-9,14H,2,10H2,1H3. The van der Waals surface area contributed by atoms with Crippen LogP contribution in [0.15, 0.2) is 42.5 Å². The number of rotatable bonds is 4. The van der Waals surface area contributed by atoms with Gasteiger partial charge in [-0.25, -0.2) is 8.78 Å². The zero-order chi connectivity index (χ0) is 13.8. The first-order valence-corrected chi connectivity index (χ1v) is 6.72. The highest BCUT2D eigenvalue weighted by Gasteiger charge is 2.16. The summed E-state index contributed by atoms with van der Waals surface area (Å²) in [5.41, 5.74) is 2.43. The third-order valence-electron chi connectivity index (χ3n) is 3.20. The van der Waals surface area contributed by atoms with Crippen molar-refractivity contribution in [2.24, 2.45) is 0 Å². The molecule has 0 saturated carbocycles. The van der Waals surface area contributed by atoms with E-state index in [1.807, 2.05) is 31.2 Å².